The summed E-state index contributed by atoms with van der Waals surface area (Å²) in [6.07, 6.45) is 0.937. The summed E-state index contributed by atoms with van der Waals surface area (Å²) in [4.78, 5) is 47.5. The molecule has 0 aromatic heterocycles. The number of benzene rings is 2. The summed E-state index contributed by atoms with van der Waals surface area (Å²) in [7, 11) is 0. The van der Waals surface area contributed by atoms with E-state index in [9.17, 15) is 24.3 Å². The lowest BCUT2D eigenvalue weighted by atomic mass is 9.85. The van der Waals surface area contributed by atoms with Crippen LogP contribution in [0.1, 0.15) is 64.5 Å². The molecule has 14 nitrogen and oxygen atoms in total. The van der Waals surface area contributed by atoms with Gasteiger partial charge in [0, 0.05) is 84.9 Å². The van der Waals surface area contributed by atoms with Crippen LogP contribution in [0.4, 0.5) is 9.59 Å². The van der Waals surface area contributed by atoms with Gasteiger partial charge in [-0.3, -0.25) is 9.59 Å². The van der Waals surface area contributed by atoms with Crippen molar-refractivity contribution in [2.45, 2.75) is 76.7 Å². The topological polar surface area (TPSA) is 177 Å². The maximum Gasteiger partial charge on any atom is 0.513 e. The lowest BCUT2D eigenvalue weighted by Crippen LogP contribution is -2.51. The standard InChI is InChI=1S/C20H23Cl2NO6.C15H15Cl2NO3.C5H9ClO3/c1-3-26-8-9-28-19(25)29-17-16(14-5-4-13(21)10-15(14)22)18(24)23-20(17)6-7-27-12(2)11-20;1-8-7-15(4-5-21-8)13(19)12(14(20)18-15)10-3-2-9(16)6-11(10)17;1-2-8-3-4-9-5(6)7/h4-5,10,12H,3,6-9,11H2,1-2H3,(H,23,24);2-3,6,8,19H,4-5,7H2,1H3,(H,18,20);2-4H2,1H3. The minimum Gasteiger partial charge on any atom is -0.509 e. The van der Waals surface area contributed by atoms with E-state index in [1.54, 1.807) is 30.3 Å². The average Bonchev–Trinajstić information content (AvgIpc) is 3.54. The second-order valence-corrected chi connectivity index (χ2v) is 15.7. The molecule has 59 heavy (non-hydrogen) atoms. The van der Waals surface area contributed by atoms with Gasteiger partial charge in [0.25, 0.3) is 11.8 Å². The maximum atomic E-state index is 12.9. The second kappa shape index (κ2) is 22.5. The third-order valence-electron chi connectivity index (χ3n) is 9.53. The van der Waals surface area contributed by atoms with Crippen LogP contribution in [0.15, 0.2) is 47.9 Å². The van der Waals surface area contributed by atoms with Crippen molar-refractivity contribution in [2.75, 3.05) is 52.9 Å². The Morgan fingerprint density at radius 1 is 0.746 bits per heavy atom. The van der Waals surface area contributed by atoms with Gasteiger partial charge < -0.3 is 48.9 Å². The van der Waals surface area contributed by atoms with Crippen LogP contribution in [0.2, 0.25) is 20.1 Å². The highest BCUT2D eigenvalue weighted by molar-refractivity contribution is 6.61. The largest absolute Gasteiger partial charge is 0.513 e. The monoisotopic (exact) mass is 922 g/mol. The Balaban J connectivity index is 0.000000223. The molecule has 4 aliphatic rings. The van der Waals surface area contributed by atoms with E-state index in [1.807, 2.05) is 27.7 Å². The molecule has 4 unspecified atom stereocenters. The van der Waals surface area contributed by atoms with E-state index in [2.05, 4.69) is 15.4 Å². The number of rotatable bonds is 11. The van der Waals surface area contributed by atoms with Gasteiger partial charge in [0.1, 0.15) is 30.1 Å². The van der Waals surface area contributed by atoms with Crippen molar-refractivity contribution in [1.29, 1.82) is 0 Å². The Bertz CT molecular complexity index is 1910. The maximum absolute atomic E-state index is 12.9. The van der Waals surface area contributed by atoms with Crippen molar-refractivity contribution in [2.24, 2.45) is 0 Å². The zero-order chi connectivity index (χ0) is 43.3. The fourth-order valence-electron chi connectivity index (χ4n) is 6.98. The molecular formula is C40H47Cl5N2O12. The summed E-state index contributed by atoms with van der Waals surface area (Å²) < 4.78 is 36.1. The molecule has 2 aromatic rings. The average molecular weight is 925 g/mol. The van der Waals surface area contributed by atoms with Crippen molar-refractivity contribution in [1.82, 2.24) is 10.6 Å². The number of hydrogen-bond donors (Lipinski definition) is 3. The Morgan fingerprint density at radius 3 is 1.73 bits per heavy atom. The summed E-state index contributed by atoms with van der Waals surface area (Å²) in [5.41, 5.74) is -1.05. The summed E-state index contributed by atoms with van der Waals surface area (Å²) in [6, 6.07) is 9.65. The van der Waals surface area contributed by atoms with E-state index >= 15 is 0 Å². The minimum atomic E-state index is -0.905. The third kappa shape index (κ3) is 12.9. The van der Waals surface area contributed by atoms with E-state index in [-0.39, 0.29) is 71.5 Å². The highest BCUT2D eigenvalue weighted by atomic mass is 35.5. The van der Waals surface area contributed by atoms with E-state index in [4.69, 9.17) is 86.4 Å². The molecule has 2 spiro atoms. The summed E-state index contributed by atoms with van der Waals surface area (Å²) in [5.74, 6) is -0.443. The van der Waals surface area contributed by atoms with Gasteiger partial charge in [-0.05, 0) is 52.0 Å². The molecule has 4 atom stereocenters. The fraction of sp³-hybridized carbons (Fsp3) is 0.500. The quantitative estimate of drug-likeness (QED) is 0.111. The van der Waals surface area contributed by atoms with E-state index in [1.165, 1.54) is 6.07 Å². The van der Waals surface area contributed by atoms with Gasteiger partial charge in [0.2, 0.25) is 0 Å². The van der Waals surface area contributed by atoms with Crippen LogP contribution >= 0.6 is 58.0 Å². The van der Waals surface area contributed by atoms with Gasteiger partial charge in [-0.2, -0.15) is 0 Å². The van der Waals surface area contributed by atoms with Crippen LogP contribution in [0.5, 0.6) is 0 Å². The van der Waals surface area contributed by atoms with Crippen LogP contribution in [0.3, 0.4) is 0 Å². The molecule has 19 heteroatoms. The Morgan fingerprint density at radius 2 is 1.22 bits per heavy atom. The fourth-order valence-corrected chi connectivity index (χ4v) is 8.06. The molecule has 2 aromatic carbocycles. The molecular weight excluding hydrogens is 878 g/mol. The van der Waals surface area contributed by atoms with Crippen molar-refractivity contribution < 1.29 is 57.4 Å². The summed E-state index contributed by atoms with van der Waals surface area (Å²) in [5, 5.41) is 18.1. The normalized spacial score (nSPS) is 23.5. The number of halogens is 5. The molecule has 324 valence electrons. The summed E-state index contributed by atoms with van der Waals surface area (Å²) in [6.45, 7) is 10.5. The molecule has 2 saturated heterocycles. The predicted molar refractivity (Wildman–Crippen MR) is 223 cm³/mol. The van der Waals surface area contributed by atoms with Gasteiger partial charge in [-0.15, -0.1) is 0 Å². The number of amides is 2. The van der Waals surface area contributed by atoms with Gasteiger partial charge in [-0.1, -0.05) is 58.5 Å². The molecule has 2 fully saturated rings. The molecule has 0 bridgehead atoms. The second-order valence-electron chi connectivity index (χ2n) is 13.7. The highest BCUT2D eigenvalue weighted by Gasteiger charge is 2.51. The van der Waals surface area contributed by atoms with Crippen molar-refractivity contribution in [3.05, 3.63) is 79.1 Å². The van der Waals surface area contributed by atoms with Crippen LogP contribution in [0.25, 0.3) is 11.1 Å². The Kier molecular flexibility index (Phi) is 18.4. The molecule has 0 radical (unpaired) electrons. The van der Waals surface area contributed by atoms with Crippen molar-refractivity contribution >= 4 is 92.5 Å². The lowest BCUT2D eigenvalue weighted by molar-refractivity contribution is -0.118. The number of aliphatic hydroxyl groups excluding tert-OH is 1. The first-order chi connectivity index (χ1) is 28.1. The molecule has 3 N–H and O–H groups in total. The molecule has 0 saturated carbocycles. The highest BCUT2D eigenvalue weighted by Crippen LogP contribution is 2.44. The SMILES string of the molecule is CC1CC2(CCO1)NC(=O)C(c1ccc(Cl)cc1Cl)=C2O.CCOCCOC(=O)Cl.CCOCCOC(=O)OC1=C(c2ccc(Cl)cc2Cl)C(=O)NC12CCOC(C)C2. The molecule has 0 aliphatic carbocycles. The minimum absolute atomic E-state index is 0.0266. The van der Waals surface area contributed by atoms with Gasteiger partial charge >= 0.3 is 11.6 Å². The predicted octanol–water partition coefficient (Wildman–Crippen LogP) is 8.69. The van der Waals surface area contributed by atoms with Gasteiger partial charge in [-0.25, -0.2) is 9.59 Å². The first kappa shape index (κ1) is 48.4. The Labute approximate surface area is 367 Å². The molecule has 4 aliphatic heterocycles. The van der Waals surface area contributed by atoms with Crippen molar-refractivity contribution in [3.8, 4) is 0 Å². The van der Waals surface area contributed by atoms with Gasteiger partial charge in [0.05, 0.1) is 46.6 Å². The lowest BCUT2D eigenvalue weighted by Gasteiger charge is -2.37. The zero-order valence-electron chi connectivity index (χ0n) is 32.9. The first-order valence-electron chi connectivity index (χ1n) is 18.9. The molecule has 2 amide bonds. The first-order valence-corrected chi connectivity index (χ1v) is 20.7. The summed E-state index contributed by atoms with van der Waals surface area (Å²) >= 11 is 29.2. The number of carbonyl (C=O) groups is 4. The van der Waals surface area contributed by atoms with Crippen molar-refractivity contribution in [3.63, 3.8) is 0 Å². The molecule has 6 rings (SSSR count). The molecule has 4 heterocycles. The number of ether oxygens (including phenoxy) is 7. The van der Waals surface area contributed by atoms with Crippen LogP contribution in [-0.2, 0) is 42.7 Å². The zero-order valence-corrected chi connectivity index (χ0v) is 36.7. The number of carbonyl (C=O) groups excluding carboxylic acids is 4. The smallest absolute Gasteiger partial charge is 0.509 e. The van der Waals surface area contributed by atoms with Crippen LogP contribution in [-0.4, -0.2) is 105 Å². The van der Waals surface area contributed by atoms with Gasteiger partial charge in [0.15, 0.2) is 5.76 Å². The Hall–Kier alpha value is -3.31. The van der Waals surface area contributed by atoms with E-state index in [0.717, 1.165) is 0 Å². The van der Waals surface area contributed by atoms with E-state index in [0.29, 0.717) is 84.9 Å². The van der Waals surface area contributed by atoms with E-state index < -0.39 is 22.7 Å². The van der Waals surface area contributed by atoms with Crippen LogP contribution < -0.4 is 10.6 Å². The third-order valence-corrected chi connectivity index (χ3v) is 10.7. The number of aliphatic hydroxyl groups is 1. The number of nitrogens with one attached hydrogen (secondary N) is 2. The van der Waals surface area contributed by atoms with Crippen LogP contribution in [0, 0.1) is 0 Å². The number of hydrogen-bond acceptors (Lipinski definition) is 12.